The highest BCUT2D eigenvalue weighted by Gasteiger charge is 2.38. The van der Waals surface area contributed by atoms with Crippen LogP contribution in [-0.2, 0) is 10.4 Å². The Morgan fingerprint density at radius 2 is 2.19 bits per heavy atom. The van der Waals surface area contributed by atoms with E-state index in [4.69, 9.17) is 11.6 Å². The summed E-state index contributed by atoms with van der Waals surface area (Å²) in [5.74, 6) is -0.161. The monoisotopic (exact) mass is 239 g/mol. The van der Waals surface area contributed by atoms with Gasteiger partial charge in [0.2, 0.25) is 5.91 Å². The van der Waals surface area contributed by atoms with E-state index < -0.39 is 5.60 Å². The average molecular weight is 240 g/mol. The van der Waals surface area contributed by atoms with Crippen molar-refractivity contribution in [1.82, 2.24) is 0 Å². The van der Waals surface area contributed by atoms with E-state index >= 15 is 0 Å². The molecule has 0 atom stereocenters. The van der Waals surface area contributed by atoms with Crippen molar-refractivity contribution in [3.8, 4) is 0 Å². The molecule has 1 aliphatic rings. The van der Waals surface area contributed by atoms with Crippen LogP contribution in [0.25, 0.3) is 0 Å². The van der Waals surface area contributed by atoms with Crippen LogP contribution < -0.4 is 5.32 Å². The second kappa shape index (κ2) is 4.07. The molecule has 1 aliphatic carbocycles. The lowest BCUT2D eigenvalue weighted by Crippen LogP contribution is -2.34. The number of carbonyl (C=O) groups excluding carboxylic acids is 1. The van der Waals surface area contributed by atoms with Crippen LogP contribution in [0.4, 0.5) is 5.69 Å². The highest BCUT2D eigenvalue weighted by molar-refractivity contribution is 6.31. The lowest BCUT2D eigenvalue weighted by atomic mass is 9.74. The molecule has 0 saturated heterocycles. The molecule has 1 saturated carbocycles. The molecule has 0 aliphatic heterocycles. The Morgan fingerprint density at radius 3 is 2.69 bits per heavy atom. The minimum Gasteiger partial charge on any atom is -0.385 e. The number of amides is 1. The molecule has 16 heavy (non-hydrogen) atoms. The van der Waals surface area contributed by atoms with Crippen molar-refractivity contribution < 1.29 is 9.90 Å². The highest BCUT2D eigenvalue weighted by Crippen LogP contribution is 2.44. The normalized spacial score (nSPS) is 17.7. The van der Waals surface area contributed by atoms with E-state index in [1.165, 1.54) is 6.92 Å². The zero-order chi connectivity index (χ0) is 11.8. The van der Waals surface area contributed by atoms with Crippen molar-refractivity contribution in [2.45, 2.75) is 31.8 Å². The summed E-state index contributed by atoms with van der Waals surface area (Å²) in [5.41, 5.74) is 0.586. The van der Waals surface area contributed by atoms with Gasteiger partial charge in [0.15, 0.2) is 0 Å². The van der Waals surface area contributed by atoms with Crippen LogP contribution in [0.15, 0.2) is 18.2 Å². The fourth-order valence-corrected chi connectivity index (χ4v) is 2.17. The molecule has 0 heterocycles. The Morgan fingerprint density at radius 1 is 1.50 bits per heavy atom. The van der Waals surface area contributed by atoms with Gasteiger partial charge in [-0.3, -0.25) is 4.79 Å². The average Bonchev–Trinajstić information content (AvgIpc) is 2.13. The van der Waals surface area contributed by atoms with Gasteiger partial charge in [0.05, 0.1) is 5.60 Å². The first kappa shape index (κ1) is 11.4. The number of nitrogens with one attached hydrogen (secondary N) is 1. The summed E-state index contributed by atoms with van der Waals surface area (Å²) in [6, 6.07) is 5.19. The molecule has 1 aromatic rings. The van der Waals surface area contributed by atoms with E-state index in [0.29, 0.717) is 10.7 Å². The second-order valence-electron chi connectivity index (χ2n) is 4.26. The van der Waals surface area contributed by atoms with Gasteiger partial charge in [-0.15, -0.1) is 0 Å². The molecule has 0 aromatic heterocycles. The van der Waals surface area contributed by atoms with Gasteiger partial charge in [0.1, 0.15) is 0 Å². The Balaban J connectivity index is 2.39. The van der Waals surface area contributed by atoms with Gasteiger partial charge < -0.3 is 10.4 Å². The van der Waals surface area contributed by atoms with Crippen LogP contribution in [0, 0.1) is 0 Å². The summed E-state index contributed by atoms with van der Waals surface area (Å²) in [7, 11) is 0. The molecule has 3 nitrogen and oxygen atoms in total. The number of hydrogen-bond donors (Lipinski definition) is 2. The smallest absolute Gasteiger partial charge is 0.221 e. The van der Waals surface area contributed by atoms with Crippen molar-refractivity contribution in [1.29, 1.82) is 0 Å². The minimum absolute atomic E-state index is 0.161. The van der Waals surface area contributed by atoms with Crippen molar-refractivity contribution in [3.63, 3.8) is 0 Å². The van der Waals surface area contributed by atoms with E-state index in [-0.39, 0.29) is 5.91 Å². The standard InChI is InChI=1S/C12H14ClNO2/c1-8(15)14-11-7-9(13)3-4-10(11)12(16)5-2-6-12/h3-4,7,16H,2,5-6H2,1H3,(H,14,15). The van der Waals surface area contributed by atoms with Crippen LogP contribution in [-0.4, -0.2) is 11.0 Å². The molecular weight excluding hydrogens is 226 g/mol. The van der Waals surface area contributed by atoms with Gasteiger partial charge in [0, 0.05) is 23.2 Å². The predicted molar refractivity (Wildman–Crippen MR) is 63.5 cm³/mol. The molecule has 2 N–H and O–H groups in total. The van der Waals surface area contributed by atoms with E-state index in [1.807, 2.05) is 0 Å². The van der Waals surface area contributed by atoms with E-state index in [1.54, 1.807) is 18.2 Å². The van der Waals surface area contributed by atoms with Gasteiger partial charge >= 0.3 is 0 Å². The highest BCUT2D eigenvalue weighted by atomic mass is 35.5. The van der Waals surface area contributed by atoms with E-state index in [2.05, 4.69) is 5.32 Å². The van der Waals surface area contributed by atoms with E-state index in [0.717, 1.165) is 24.8 Å². The number of hydrogen-bond acceptors (Lipinski definition) is 2. The molecule has 0 radical (unpaired) electrons. The number of anilines is 1. The quantitative estimate of drug-likeness (QED) is 0.834. The maximum atomic E-state index is 11.1. The molecule has 1 aromatic carbocycles. The topological polar surface area (TPSA) is 49.3 Å². The maximum Gasteiger partial charge on any atom is 0.221 e. The number of halogens is 1. The first-order valence-corrected chi connectivity index (χ1v) is 5.69. The molecule has 2 rings (SSSR count). The lowest BCUT2D eigenvalue weighted by molar-refractivity contribution is -0.114. The third-order valence-electron chi connectivity index (χ3n) is 2.97. The SMILES string of the molecule is CC(=O)Nc1cc(Cl)ccc1C1(O)CCC1. The van der Waals surface area contributed by atoms with E-state index in [9.17, 15) is 9.90 Å². The molecule has 4 heteroatoms. The van der Waals surface area contributed by atoms with Gasteiger partial charge in [-0.1, -0.05) is 17.7 Å². The third kappa shape index (κ3) is 2.06. The fourth-order valence-electron chi connectivity index (χ4n) is 2.00. The largest absolute Gasteiger partial charge is 0.385 e. The zero-order valence-electron chi connectivity index (χ0n) is 9.09. The van der Waals surface area contributed by atoms with Crippen molar-refractivity contribution in [2.75, 3.05) is 5.32 Å². The molecule has 1 amide bonds. The van der Waals surface area contributed by atoms with Crippen molar-refractivity contribution in [3.05, 3.63) is 28.8 Å². The summed E-state index contributed by atoms with van der Waals surface area (Å²) >= 11 is 5.88. The summed E-state index contributed by atoms with van der Waals surface area (Å²) in [6.07, 6.45) is 2.49. The van der Waals surface area contributed by atoms with Gasteiger partial charge in [0.25, 0.3) is 0 Å². The predicted octanol–water partition coefficient (Wildman–Crippen LogP) is 2.67. The van der Waals surface area contributed by atoms with Crippen LogP contribution in [0.5, 0.6) is 0 Å². The van der Waals surface area contributed by atoms with Crippen molar-refractivity contribution >= 4 is 23.2 Å². The summed E-state index contributed by atoms with van der Waals surface area (Å²) in [4.78, 5) is 11.1. The van der Waals surface area contributed by atoms with Crippen molar-refractivity contribution in [2.24, 2.45) is 0 Å². The molecule has 0 spiro atoms. The Bertz CT molecular complexity index is 427. The minimum atomic E-state index is -0.789. The summed E-state index contributed by atoms with van der Waals surface area (Å²) in [6.45, 7) is 1.44. The number of aliphatic hydroxyl groups is 1. The maximum absolute atomic E-state index is 11.1. The Kier molecular flexibility index (Phi) is 2.91. The Hall–Kier alpha value is -1.06. The second-order valence-corrected chi connectivity index (χ2v) is 4.69. The first-order chi connectivity index (χ1) is 7.51. The van der Waals surface area contributed by atoms with Gasteiger partial charge in [-0.05, 0) is 31.4 Å². The summed E-state index contributed by atoms with van der Waals surface area (Å²) < 4.78 is 0. The van der Waals surface area contributed by atoms with Gasteiger partial charge in [-0.2, -0.15) is 0 Å². The fraction of sp³-hybridized carbons (Fsp3) is 0.417. The zero-order valence-corrected chi connectivity index (χ0v) is 9.84. The molecule has 0 bridgehead atoms. The first-order valence-electron chi connectivity index (χ1n) is 5.31. The molecule has 0 unspecified atom stereocenters. The molecule has 1 fully saturated rings. The summed E-state index contributed by atoms with van der Waals surface area (Å²) in [5, 5.41) is 13.5. The van der Waals surface area contributed by atoms with Gasteiger partial charge in [-0.25, -0.2) is 0 Å². The van der Waals surface area contributed by atoms with Crippen LogP contribution >= 0.6 is 11.6 Å². The number of carbonyl (C=O) groups is 1. The van der Waals surface area contributed by atoms with Crippen LogP contribution in [0.2, 0.25) is 5.02 Å². The third-order valence-corrected chi connectivity index (χ3v) is 3.21. The number of benzene rings is 1. The van der Waals surface area contributed by atoms with Crippen LogP contribution in [0.1, 0.15) is 31.7 Å². The number of rotatable bonds is 2. The Labute approximate surface area is 99.4 Å². The lowest BCUT2D eigenvalue weighted by Gasteiger charge is -2.38. The molecular formula is C12H14ClNO2. The molecule has 86 valence electrons. The van der Waals surface area contributed by atoms with Crippen LogP contribution in [0.3, 0.4) is 0 Å².